The molecule has 0 radical (unpaired) electrons. The first-order chi connectivity index (χ1) is 22.1. The third-order valence-corrected chi connectivity index (χ3v) is 10.8. The maximum Gasteiger partial charge on any atom is 1.00 e. The van der Waals surface area contributed by atoms with Crippen LogP contribution in [0, 0.1) is 11.8 Å². The number of allylic oxidation sites excluding steroid dienone is 1. The van der Waals surface area contributed by atoms with Crippen LogP contribution in [0.15, 0.2) is 89.4 Å². The van der Waals surface area contributed by atoms with E-state index in [2.05, 4.69) is 4.99 Å². The van der Waals surface area contributed by atoms with Crippen LogP contribution in [0.25, 0.3) is 0 Å². The first-order valence-electron chi connectivity index (χ1n) is 15.7. The van der Waals surface area contributed by atoms with Crippen LogP contribution in [-0.2, 0) is 21.3 Å². The summed E-state index contributed by atoms with van der Waals surface area (Å²) in [4.78, 5) is 4.31. The molecule has 9 rings (SSSR count). The number of hydrogen-bond donors (Lipinski definition) is 4. The molecule has 1 fully saturated rings. The minimum atomic E-state index is -4.73. The summed E-state index contributed by atoms with van der Waals surface area (Å²) in [6.45, 7) is 0.0288. The van der Waals surface area contributed by atoms with Crippen LogP contribution >= 0.6 is 0 Å². The molecular formula is C35H40N3NaO7S. The smallest absolute Gasteiger partial charge is 0.748 e. The van der Waals surface area contributed by atoms with Crippen molar-refractivity contribution in [2.75, 3.05) is 6.61 Å². The molecule has 0 amide bonds. The van der Waals surface area contributed by atoms with E-state index in [1.807, 2.05) is 54.6 Å². The normalized spacial score (nSPS) is 27.1. The second-order valence-corrected chi connectivity index (χ2v) is 14.1. The van der Waals surface area contributed by atoms with Gasteiger partial charge in [-0.2, -0.15) is 0 Å². The average molecular weight is 670 g/mol. The minimum absolute atomic E-state index is 0. The van der Waals surface area contributed by atoms with Gasteiger partial charge in [-0.1, -0.05) is 54.6 Å². The molecule has 6 N–H and O–H groups in total. The Morgan fingerprint density at radius 2 is 1.62 bits per heavy atom. The Bertz CT molecular complexity index is 1680. The number of hydrogen-bond acceptors (Lipinski definition) is 8. The predicted molar refractivity (Wildman–Crippen MR) is 173 cm³/mol. The fourth-order valence-electron chi connectivity index (χ4n) is 7.43. The first-order valence-corrected chi connectivity index (χ1v) is 17.2. The number of fused-ring (bicyclic) bond motifs is 2. The topological polar surface area (TPSA) is 181 Å². The van der Waals surface area contributed by atoms with Crippen LogP contribution in [0.3, 0.4) is 0 Å². The van der Waals surface area contributed by atoms with E-state index in [0.717, 1.165) is 22.3 Å². The zero-order valence-corrected chi connectivity index (χ0v) is 29.3. The molecule has 0 spiro atoms. The number of nitrogens with two attached hydrogens (primary N) is 2. The molecular weight excluding hydrogens is 629 g/mol. The van der Waals surface area contributed by atoms with Gasteiger partial charge in [0.15, 0.2) is 5.96 Å². The number of phenols is 1. The van der Waals surface area contributed by atoms with Crippen LogP contribution in [0.2, 0.25) is 0 Å². The van der Waals surface area contributed by atoms with Gasteiger partial charge in [0.05, 0.1) is 21.5 Å². The van der Waals surface area contributed by atoms with E-state index in [4.69, 9.17) is 20.9 Å². The Morgan fingerprint density at radius 1 is 0.957 bits per heavy atom. The summed E-state index contributed by atoms with van der Waals surface area (Å²) < 4.78 is 52.4. The number of aryl methyl sites for hydroxylation is 1. The van der Waals surface area contributed by atoms with Crippen molar-refractivity contribution in [3.63, 3.8) is 0 Å². The Morgan fingerprint density at radius 3 is 2.26 bits per heavy atom. The zero-order chi connectivity index (χ0) is 32.4. The quantitative estimate of drug-likeness (QED) is 0.0996. The fourth-order valence-corrected chi connectivity index (χ4v) is 8.47. The molecule has 0 saturated carbocycles. The monoisotopic (exact) mass is 669 g/mol. The summed E-state index contributed by atoms with van der Waals surface area (Å²) in [5, 5.41) is 18.4. The Hall–Kier alpha value is -2.90. The van der Waals surface area contributed by atoms with Gasteiger partial charge in [-0.05, 0) is 103 Å². The number of ether oxygens (including phenoxy) is 2. The molecule has 1 saturated heterocycles. The SMILES string of the molecule is NC(N)=N[C@@H]1Oc2ccc(cc2)CC[C@@H](S(=O)(=O)[O-])[C@H]2C=C3C[C@@H](C[C@@H](CCCO)O[C@H]3c3ccc(O)cc3)[C@H]2c2ccc1cc2.[Na+]. The van der Waals surface area contributed by atoms with E-state index in [-0.39, 0.29) is 72.2 Å². The zero-order valence-electron chi connectivity index (χ0n) is 26.4. The maximum atomic E-state index is 13.2. The van der Waals surface area contributed by atoms with Gasteiger partial charge in [-0.15, -0.1) is 0 Å². The van der Waals surface area contributed by atoms with Crippen LogP contribution in [-0.4, -0.2) is 47.1 Å². The molecule has 1 aliphatic carbocycles. The molecule has 12 heteroatoms. The second kappa shape index (κ2) is 15.1. The van der Waals surface area contributed by atoms with Crippen molar-refractivity contribution in [1.29, 1.82) is 0 Å². The second-order valence-electron chi connectivity index (χ2n) is 12.5. The summed E-state index contributed by atoms with van der Waals surface area (Å²) in [5.74, 6) is -0.384. The number of aliphatic imine (C=N–C) groups is 1. The van der Waals surface area contributed by atoms with Gasteiger partial charge in [-0.25, -0.2) is 13.4 Å². The number of benzene rings is 3. The summed E-state index contributed by atoms with van der Waals surface area (Å²) in [6, 6.07) is 21.8. The minimum Gasteiger partial charge on any atom is -0.748 e. The molecule has 3 aromatic rings. The first kappa shape index (κ1) is 35.4. The van der Waals surface area contributed by atoms with Gasteiger partial charge in [0, 0.05) is 12.2 Å². The van der Waals surface area contributed by atoms with Crippen molar-refractivity contribution < 1.29 is 62.2 Å². The van der Waals surface area contributed by atoms with Gasteiger partial charge in [-0.3, -0.25) is 0 Å². The van der Waals surface area contributed by atoms with Crippen molar-refractivity contribution in [2.45, 2.75) is 68.1 Å². The van der Waals surface area contributed by atoms with Crippen LogP contribution in [0.5, 0.6) is 11.5 Å². The Kier molecular flexibility index (Phi) is 11.4. The van der Waals surface area contributed by atoms with E-state index >= 15 is 0 Å². The Balaban J connectivity index is 0.00000433. The predicted octanol–water partition coefficient (Wildman–Crippen LogP) is 1.56. The molecule has 0 unspecified atom stereocenters. The summed E-state index contributed by atoms with van der Waals surface area (Å²) in [5.41, 5.74) is 15.8. The number of phenolic OH excluding ortho intramolecular Hbond substituents is 1. The number of guanidine groups is 1. The van der Waals surface area contributed by atoms with Crippen LogP contribution in [0.1, 0.15) is 72.6 Å². The van der Waals surface area contributed by atoms with Crippen LogP contribution < -0.4 is 45.8 Å². The van der Waals surface area contributed by atoms with Crippen molar-refractivity contribution in [1.82, 2.24) is 0 Å². The van der Waals surface area contributed by atoms with Gasteiger partial charge in [0.2, 0.25) is 6.23 Å². The maximum absolute atomic E-state index is 13.2. The van der Waals surface area contributed by atoms with Crippen molar-refractivity contribution in [2.24, 2.45) is 28.3 Å². The fraction of sp³-hybridized carbons (Fsp3) is 0.400. The van der Waals surface area contributed by atoms with Crippen molar-refractivity contribution >= 4 is 16.1 Å². The number of aromatic hydroxyl groups is 1. The molecule has 6 aliphatic rings. The standard InChI is InChI=1S/C35H41N3O7S.Na/c36-35(37)38-34-24-8-6-22(7-9-24)32-25-18-26(33(23-10-12-27(40)13-11-23)44-29(19-25)2-1-17-39)20-30(32)31(46(41,42)43)16-5-21-3-14-28(45-34)15-4-21;/h3-4,6-15,20,25,29-34,39-40H,1-2,5,16-19H2,(H4,36,37,38)(H,41,42,43);/q;+1/p-1/t25-,29+,30+,31+,32+,33-,34+;/m0./s1. The average Bonchev–Trinajstić information content (AvgIpc) is 3.16. The van der Waals surface area contributed by atoms with Crippen LogP contribution in [0.4, 0.5) is 0 Å². The van der Waals surface area contributed by atoms with E-state index < -0.39 is 33.6 Å². The molecule has 5 aliphatic heterocycles. The largest absolute Gasteiger partial charge is 1.00 e. The molecule has 3 aromatic carbocycles. The number of aliphatic hydroxyl groups excluding tert-OH is 1. The third kappa shape index (κ3) is 8.22. The van der Waals surface area contributed by atoms with Gasteiger partial charge in [0.25, 0.3) is 0 Å². The van der Waals surface area contributed by atoms with Gasteiger partial charge >= 0.3 is 29.6 Å². The van der Waals surface area contributed by atoms with Gasteiger partial charge < -0.3 is 35.7 Å². The summed E-state index contributed by atoms with van der Waals surface area (Å²) in [7, 11) is -4.73. The van der Waals surface area contributed by atoms with Gasteiger partial charge in [0.1, 0.15) is 17.6 Å². The number of aliphatic hydroxyl groups is 1. The molecule has 244 valence electrons. The molecule has 47 heavy (non-hydrogen) atoms. The summed E-state index contributed by atoms with van der Waals surface area (Å²) in [6.07, 6.45) is 3.50. The van der Waals surface area contributed by atoms with E-state index in [1.165, 1.54) is 0 Å². The van der Waals surface area contributed by atoms with E-state index in [9.17, 15) is 23.2 Å². The van der Waals surface area contributed by atoms with E-state index in [1.54, 1.807) is 24.3 Å². The van der Waals surface area contributed by atoms with E-state index in [0.29, 0.717) is 43.4 Å². The molecule has 7 atom stereocenters. The summed E-state index contributed by atoms with van der Waals surface area (Å²) >= 11 is 0. The van der Waals surface area contributed by atoms with Crippen molar-refractivity contribution in [3.8, 4) is 11.5 Å². The number of rotatable bonds is 6. The molecule has 6 bridgehead atoms. The number of nitrogens with zero attached hydrogens (tertiary/aromatic N) is 1. The molecule has 10 nitrogen and oxygen atoms in total. The third-order valence-electron chi connectivity index (χ3n) is 9.50. The van der Waals surface area contributed by atoms with Crippen molar-refractivity contribution in [3.05, 3.63) is 107 Å². The Labute approximate surface area is 297 Å². The molecule has 0 aromatic heterocycles. The molecule has 5 heterocycles.